The fraction of sp³-hybridized carbons (Fsp3) is 0.200. The van der Waals surface area contributed by atoms with Gasteiger partial charge in [-0.25, -0.2) is 0 Å². The number of nitro groups is 1. The van der Waals surface area contributed by atoms with Gasteiger partial charge in [0.25, 0.3) is 0 Å². The van der Waals surface area contributed by atoms with E-state index in [0.29, 0.717) is 0 Å². The largest absolute Gasteiger partial charge is 0.490 e. The van der Waals surface area contributed by atoms with Gasteiger partial charge in [-0.2, -0.15) is 0 Å². The second kappa shape index (κ2) is 6.06. The van der Waals surface area contributed by atoms with Gasteiger partial charge in [0, 0.05) is 23.9 Å². The number of ether oxygens (including phenoxy) is 1. The first-order valence-electron chi connectivity index (χ1n) is 6.25. The Hall–Kier alpha value is -2.56. The van der Waals surface area contributed by atoms with Crippen molar-refractivity contribution in [2.75, 3.05) is 12.4 Å². The zero-order chi connectivity index (χ0) is 14.5. The van der Waals surface area contributed by atoms with E-state index in [4.69, 9.17) is 4.74 Å². The van der Waals surface area contributed by atoms with Crippen LogP contribution in [0.4, 0.5) is 11.4 Å². The molecule has 104 valence electrons. The number of nitrogens with one attached hydrogen (secondary N) is 1. The van der Waals surface area contributed by atoms with Gasteiger partial charge in [0.2, 0.25) is 0 Å². The molecule has 0 radical (unpaired) electrons. The lowest BCUT2D eigenvalue weighted by Crippen LogP contribution is -2.06. The van der Waals surface area contributed by atoms with Gasteiger partial charge in [-0.3, -0.25) is 10.1 Å². The highest BCUT2D eigenvalue weighted by molar-refractivity contribution is 5.58. The Morgan fingerprint density at radius 1 is 1.20 bits per heavy atom. The molecule has 0 aliphatic rings. The fourth-order valence-electron chi connectivity index (χ4n) is 1.99. The third-order valence-corrected chi connectivity index (χ3v) is 3.06. The second-order valence-electron chi connectivity index (χ2n) is 4.42. The summed E-state index contributed by atoms with van der Waals surface area (Å²) in [6.07, 6.45) is 0. The van der Waals surface area contributed by atoms with Crippen molar-refractivity contribution in [1.82, 2.24) is 0 Å². The van der Waals surface area contributed by atoms with E-state index in [0.717, 1.165) is 11.3 Å². The van der Waals surface area contributed by atoms with E-state index in [9.17, 15) is 10.1 Å². The van der Waals surface area contributed by atoms with Gasteiger partial charge < -0.3 is 10.1 Å². The van der Waals surface area contributed by atoms with E-state index >= 15 is 0 Å². The predicted octanol–water partition coefficient (Wildman–Crippen LogP) is 3.78. The monoisotopic (exact) mass is 272 g/mol. The zero-order valence-corrected chi connectivity index (χ0v) is 11.4. The maximum absolute atomic E-state index is 10.8. The van der Waals surface area contributed by atoms with E-state index in [1.165, 1.54) is 13.2 Å². The highest BCUT2D eigenvalue weighted by Crippen LogP contribution is 2.31. The quantitative estimate of drug-likeness (QED) is 0.664. The van der Waals surface area contributed by atoms with E-state index < -0.39 is 4.92 Å². The van der Waals surface area contributed by atoms with Gasteiger partial charge in [-0.15, -0.1) is 0 Å². The first-order valence-corrected chi connectivity index (χ1v) is 6.25. The van der Waals surface area contributed by atoms with Crippen LogP contribution < -0.4 is 10.1 Å². The Labute approximate surface area is 117 Å². The molecule has 0 spiro atoms. The number of benzene rings is 2. The van der Waals surface area contributed by atoms with E-state index in [1.54, 1.807) is 12.1 Å². The van der Waals surface area contributed by atoms with Crippen LogP contribution >= 0.6 is 0 Å². The SMILES string of the molecule is COc1cc(N[C@@H](C)c2ccccc2)ccc1[N+](=O)[O-]. The number of hydrogen-bond donors (Lipinski definition) is 1. The van der Waals surface area contributed by atoms with Crippen LogP contribution in [0.1, 0.15) is 18.5 Å². The van der Waals surface area contributed by atoms with Gasteiger partial charge >= 0.3 is 5.69 Å². The number of nitro benzene ring substituents is 1. The van der Waals surface area contributed by atoms with E-state index in [-0.39, 0.29) is 17.5 Å². The average molecular weight is 272 g/mol. The standard InChI is InChI=1S/C15H16N2O3/c1-11(12-6-4-3-5-7-12)16-13-8-9-14(17(18)19)15(10-13)20-2/h3-11,16H,1-2H3/t11-/m0/s1. The summed E-state index contributed by atoms with van der Waals surface area (Å²) in [5, 5.41) is 14.1. The summed E-state index contributed by atoms with van der Waals surface area (Å²) in [5.74, 6) is 0.250. The summed E-state index contributed by atoms with van der Waals surface area (Å²) in [4.78, 5) is 10.4. The molecular weight excluding hydrogens is 256 g/mol. The molecule has 0 amide bonds. The summed E-state index contributed by atoms with van der Waals surface area (Å²) in [5.41, 5.74) is 1.89. The normalized spacial score (nSPS) is 11.7. The summed E-state index contributed by atoms with van der Waals surface area (Å²) < 4.78 is 5.05. The first kappa shape index (κ1) is 13.9. The lowest BCUT2D eigenvalue weighted by atomic mass is 10.1. The molecule has 0 aliphatic carbocycles. The van der Waals surface area contributed by atoms with E-state index in [1.807, 2.05) is 37.3 Å². The van der Waals surface area contributed by atoms with Crippen LogP contribution in [0.2, 0.25) is 0 Å². The molecule has 20 heavy (non-hydrogen) atoms. The molecule has 1 N–H and O–H groups in total. The Morgan fingerprint density at radius 3 is 2.50 bits per heavy atom. The van der Waals surface area contributed by atoms with Crippen molar-refractivity contribution in [2.24, 2.45) is 0 Å². The molecule has 5 nitrogen and oxygen atoms in total. The molecule has 0 fully saturated rings. The molecule has 0 aromatic heterocycles. The van der Waals surface area contributed by atoms with Crippen molar-refractivity contribution >= 4 is 11.4 Å². The lowest BCUT2D eigenvalue weighted by Gasteiger charge is -2.16. The summed E-state index contributed by atoms with van der Waals surface area (Å²) in [7, 11) is 1.42. The van der Waals surface area contributed by atoms with Crippen LogP contribution in [-0.4, -0.2) is 12.0 Å². The third-order valence-electron chi connectivity index (χ3n) is 3.06. The highest BCUT2D eigenvalue weighted by Gasteiger charge is 2.15. The Balaban J connectivity index is 2.20. The molecule has 2 aromatic rings. The van der Waals surface area contributed by atoms with Crippen LogP contribution in [0, 0.1) is 10.1 Å². The Morgan fingerprint density at radius 2 is 1.90 bits per heavy atom. The van der Waals surface area contributed by atoms with Crippen molar-refractivity contribution < 1.29 is 9.66 Å². The minimum absolute atomic E-state index is 0.0367. The minimum atomic E-state index is -0.455. The maximum Gasteiger partial charge on any atom is 0.311 e. The average Bonchev–Trinajstić information content (AvgIpc) is 2.47. The number of nitrogens with zero attached hydrogens (tertiary/aromatic N) is 1. The molecule has 0 aliphatic heterocycles. The van der Waals surface area contributed by atoms with Gasteiger partial charge in [-0.1, -0.05) is 30.3 Å². The van der Waals surface area contributed by atoms with E-state index in [2.05, 4.69) is 5.32 Å². The number of rotatable bonds is 5. The first-order chi connectivity index (χ1) is 9.61. The van der Waals surface area contributed by atoms with Gasteiger partial charge in [0.05, 0.1) is 12.0 Å². The lowest BCUT2D eigenvalue weighted by molar-refractivity contribution is -0.385. The van der Waals surface area contributed by atoms with Crippen LogP contribution in [0.3, 0.4) is 0 Å². The van der Waals surface area contributed by atoms with Crippen LogP contribution in [-0.2, 0) is 0 Å². The smallest absolute Gasteiger partial charge is 0.311 e. The van der Waals surface area contributed by atoms with Crippen molar-refractivity contribution in [3.63, 3.8) is 0 Å². The van der Waals surface area contributed by atoms with Crippen molar-refractivity contribution in [1.29, 1.82) is 0 Å². The highest BCUT2D eigenvalue weighted by atomic mass is 16.6. The fourth-order valence-corrected chi connectivity index (χ4v) is 1.99. The van der Waals surface area contributed by atoms with Crippen LogP contribution in [0.25, 0.3) is 0 Å². The molecule has 5 heteroatoms. The maximum atomic E-state index is 10.8. The molecule has 0 saturated carbocycles. The number of anilines is 1. The Kier molecular flexibility index (Phi) is 4.20. The minimum Gasteiger partial charge on any atom is -0.490 e. The predicted molar refractivity (Wildman–Crippen MR) is 78.1 cm³/mol. The summed E-state index contributed by atoms with van der Waals surface area (Å²) in [6.45, 7) is 2.03. The van der Waals surface area contributed by atoms with Crippen LogP contribution in [0.15, 0.2) is 48.5 Å². The molecule has 1 atom stereocenters. The third kappa shape index (κ3) is 3.06. The van der Waals surface area contributed by atoms with Crippen molar-refractivity contribution in [3.05, 3.63) is 64.2 Å². The van der Waals surface area contributed by atoms with Gasteiger partial charge in [0.1, 0.15) is 0 Å². The molecule has 0 saturated heterocycles. The molecule has 2 rings (SSSR count). The van der Waals surface area contributed by atoms with Crippen molar-refractivity contribution in [2.45, 2.75) is 13.0 Å². The number of methoxy groups -OCH3 is 1. The molecular formula is C15H16N2O3. The molecule has 0 bridgehead atoms. The molecule has 0 heterocycles. The zero-order valence-electron chi connectivity index (χ0n) is 11.4. The van der Waals surface area contributed by atoms with Gasteiger partial charge in [0.15, 0.2) is 5.75 Å². The van der Waals surface area contributed by atoms with Gasteiger partial charge in [-0.05, 0) is 18.6 Å². The second-order valence-corrected chi connectivity index (χ2v) is 4.42. The number of hydrogen-bond acceptors (Lipinski definition) is 4. The van der Waals surface area contributed by atoms with Crippen LogP contribution in [0.5, 0.6) is 5.75 Å². The molecule has 0 unspecified atom stereocenters. The Bertz CT molecular complexity index is 599. The summed E-state index contributed by atoms with van der Waals surface area (Å²) in [6, 6.07) is 14.8. The summed E-state index contributed by atoms with van der Waals surface area (Å²) >= 11 is 0. The molecule has 2 aromatic carbocycles. The topological polar surface area (TPSA) is 64.4 Å². The van der Waals surface area contributed by atoms with Crippen molar-refractivity contribution in [3.8, 4) is 5.75 Å².